The summed E-state index contributed by atoms with van der Waals surface area (Å²) in [6, 6.07) is 6.70. The van der Waals surface area contributed by atoms with E-state index in [1.165, 1.54) is 6.07 Å². The molecular weight excluding hydrogens is 231 g/mol. The van der Waals surface area contributed by atoms with Crippen LogP contribution in [0.25, 0.3) is 0 Å². The van der Waals surface area contributed by atoms with Crippen molar-refractivity contribution in [2.45, 2.75) is 32.4 Å². The summed E-state index contributed by atoms with van der Waals surface area (Å²) in [5.41, 5.74) is 0.921. The van der Waals surface area contributed by atoms with Gasteiger partial charge in [-0.3, -0.25) is 0 Å². The van der Waals surface area contributed by atoms with E-state index in [-0.39, 0.29) is 11.9 Å². The van der Waals surface area contributed by atoms with Crippen LogP contribution in [0.5, 0.6) is 0 Å². The van der Waals surface area contributed by atoms with Crippen molar-refractivity contribution < 1.29 is 9.13 Å². The van der Waals surface area contributed by atoms with Crippen LogP contribution in [0.3, 0.4) is 0 Å². The van der Waals surface area contributed by atoms with Gasteiger partial charge in [0.2, 0.25) is 0 Å². The molecule has 1 unspecified atom stereocenters. The molecule has 0 aliphatic rings. The summed E-state index contributed by atoms with van der Waals surface area (Å²) in [4.78, 5) is 0. The Kier molecular flexibility index (Phi) is 6.34. The van der Waals surface area contributed by atoms with E-state index in [1.54, 1.807) is 19.2 Å². The number of rotatable bonds is 7. The van der Waals surface area contributed by atoms with Gasteiger partial charge in [-0.15, -0.1) is 0 Å². The zero-order valence-electron chi connectivity index (χ0n) is 10.9. The molecule has 0 radical (unpaired) electrons. The van der Waals surface area contributed by atoms with Crippen molar-refractivity contribution in [3.63, 3.8) is 0 Å². The Bertz CT molecular complexity index is 409. The molecule has 1 rings (SSSR count). The summed E-state index contributed by atoms with van der Waals surface area (Å²) in [6.07, 6.45) is 2.04. The molecule has 0 aliphatic heterocycles. The van der Waals surface area contributed by atoms with Crippen LogP contribution in [0.15, 0.2) is 18.2 Å². The number of nitrogens with one attached hydrogen (secondary N) is 1. The summed E-state index contributed by atoms with van der Waals surface area (Å²) in [6.45, 7) is 3.17. The zero-order valence-corrected chi connectivity index (χ0v) is 10.9. The molecule has 0 spiro atoms. The van der Waals surface area contributed by atoms with Crippen molar-refractivity contribution in [3.8, 4) is 6.07 Å². The van der Waals surface area contributed by atoms with Crippen molar-refractivity contribution in [2.75, 3.05) is 13.7 Å². The van der Waals surface area contributed by atoms with Gasteiger partial charge >= 0.3 is 0 Å². The lowest BCUT2D eigenvalue weighted by atomic mass is 10.1. The number of ether oxygens (including phenoxy) is 1. The van der Waals surface area contributed by atoms with E-state index in [2.05, 4.69) is 12.2 Å². The predicted octanol–water partition coefficient (Wildman–Crippen LogP) is 2.60. The molecule has 1 N–H and O–H groups in total. The van der Waals surface area contributed by atoms with Crippen LogP contribution in [0, 0.1) is 17.1 Å². The van der Waals surface area contributed by atoms with Gasteiger partial charge in [0, 0.05) is 25.3 Å². The average Bonchev–Trinajstić information content (AvgIpc) is 2.37. The maximum absolute atomic E-state index is 13.6. The molecule has 1 aromatic carbocycles. The van der Waals surface area contributed by atoms with Crippen LogP contribution in [-0.4, -0.2) is 19.8 Å². The number of hydrogen-bond acceptors (Lipinski definition) is 3. The van der Waals surface area contributed by atoms with Gasteiger partial charge in [-0.1, -0.05) is 19.4 Å². The average molecular weight is 250 g/mol. The summed E-state index contributed by atoms with van der Waals surface area (Å²) in [7, 11) is 1.66. The molecule has 0 aliphatic carbocycles. The third-order valence-corrected chi connectivity index (χ3v) is 2.77. The molecule has 0 bridgehead atoms. The van der Waals surface area contributed by atoms with Gasteiger partial charge < -0.3 is 10.1 Å². The van der Waals surface area contributed by atoms with E-state index in [9.17, 15) is 4.39 Å². The lowest BCUT2D eigenvalue weighted by molar-refractivity contribution is 0.161. The Morgan fingerprint density at radius 3 is 2.83 bits per heavy atom. The second-order valence-electron chi connectivity index (χ2n) is 4.24. The topological polar surface area (TPSA) is 45.0 Å². The van der Waals surface area contributed by atoms with Crippen molar-refractivity contribution in [1.29, 1.82) is 5.26 Å². The van der Waals surface area contributed by atoms with Gasteiger partial charge in [-0.05, 0) is 18.6 Å². The molecule has 4 heteroatoms. The lowest BCUT2D eigenvalue weighted by Gasteiger charge is -2.17. The Labute approximate surface area is 108 Å². The minimum Gasteiger partial charge on any atom is -0.383 e. The maximum Gasteiger partial charge on any atom is 0.129 e. The quantitative estimate of drug-likeness (QED) is 0.809. The van der Waals surface area contributed by atoms with Crippen molar-refractivity contribution in [2.24, 2.45) is 0 Å². The minimum atomic E-state index is -0.339. The molecule has 1 aromatic rings. The first-order valence-corrected chi connectivity index (χ1v) is 6.12. The van der Waals surface area contributed by atoms with Gasteiger partial charge in [0.1, 0.15) is 5.82 Å². The largest absolute Gasteiger partial charge is 0.383 e. The molecule has 0 aromatic heterocycles. The molecule has 0 fully saturated rings. The van der Waals surface area contributed by atoms with Gasteiger partial charge in [-0.25, -0.2) is 4.39 Å². The van der Waals surface area contributed by atoms with E-state index < -0.39 is 0 Å². The summed E-state index contributed by atoms with van der Waals surface area (Å²) in [5.74, 6) is -0.339. The third-order valence-electron chi connectivity index (χ3n) is 2.77. The van der Waals surface area contributed by atoms with E-state index in [0.717, 1.165) is 12.8 Å². The summed E-state index contributed by atoms with van der Waals surface area (Å²) >= 11 is 0. The smallest absolute Gasteiger partial charge is 0.129 e. The number of methoxy groups -OCH3 is 1. The van der Waals surface area contributed by atoms with Crippen molar-refractivity contribution >= 4 is 0 Å². The molecule has 0 saturated heterocycles. The highest BCUT2D eigenvalue weighted by Crippen LogP contribution is 2.10. The first-order chi connectivity index (χ1) is 8.71. The Hall–Kier alpha value is -1.44. The maximum atomic E-state index is 13.6. The second-order valence-corrected chi connectivity index (χ2v) is 4.24. The molecule has 0 heterocycles. The third kappa shape index (κ3) is 4.44. The lowest BCUT2D eigenvalue weighted by Crippen LogP contribution is -2.32. The molecular formula is C14H19FN2O. The zero-order chi connectivity index (χ0) is 13.4. The minimum absolute atomic E-state index is 0.232. The monoisotopic (exact) mass is 250 g/mol. The molecule has 98 valence electrons. The highest BCUT2D eigenvalue weighted by Gasteiger charge is 2.09. The number of hydrogen-bond donors (Lipinski definition) is 1. The molecule has 1 atom stereocenters. The van der Waals surface area contributed by atoms with Crippen LogP contribution >= 0.6 is 0 Å². The number of nitrogens with zero attached hydrogens (tertiary/aromatic N) is 1. The van der Waals surface area contributed by atoms with Crippen molar-refractivity contribution in [3.05, 3.63) is 35.1 Å². The summed E-state index contributed by atoms with van der Waals surface area (Å²) < 4.78 is 18.7. The fourth-order valence-electron chi connectivity index (χ4n) is 1.81. The van der Waals surface area contributed by atoms with Crippen LogP contribution in [-0.2, 0) is 11.3 Å². The van der Waals surface area contributed by atoms with Crippen molar-refractivity contribution in [1.82, 2.24) is 5.32 Å². The van der Waals surface area contributed by atoms with E-state index in [1.807, 2.05) is 6.07 Å². The van der Waals surface area contributed by atoms with E-state index in [4.69, 9.17) is 10.00 Å². The highest BCUT2D eigenvalue weighted by atomic mass is 19.1. The predicted molar refractivity (Wildman–Crippen MR) is 68.5 cm³/mol. The van der Waals surface area contributed by atoms with Gasteiger partial charge in [0.05, 0.1) is 18.2 Å². The van der Waals surface area contributed by atoms with Crippen LogP contribution in [0.4, 0.5) is 4.39 Å². The molecule has 18 heavy (non-hydrogen) atoms. The first kappa shape index (κ1) is 14.6. The standard InChI is InChI=1S/C14H19FN2O/c1-3-4-13(10-18-2)17-9-12-6-5-11(8-16)7-14(12)15/h5-7,13,17H,3-4,9-10H2,1-2H3. The van der Waals surface area contributed by atoms with E-state index >= 15 is 0 Å². The number of halogens is 1. The fourth-order valence-corrected chi connectivity index (χ4v) is 1.81. The van der Waals surface area contributed by atoms with E-state index in [0.29, 0.717) is 24.3 Å². The Morgan fingerprint density at radius 2 is 2.28 bits per heavy atom. The first-order valence-electron chi connectivity index (χ1n) is 6.12. The van der Waals surface area contributed by atoms with Crippen LogP contribution in [0.1, 0.15) is 30.9 Å². The number of benzene rings is 1. The Morgan fingerprint density at radius 1 is 1.50 bits per heavy atom. The van der Waals surface area contributed by atoms with Gasteiger partial charge in [0.25, 0.3) is 0 Å². The SMILES string of the molecule is CCCC(COC)NCc1ccc(C#N)cc1F. The van der Waals surface area contributed by atoms with Crippen LogP contribution < -0.4 is 5.32 Å². The number of nitriles is 1. The normalized spacial score (nSPS) is 12.1. The molecule has 3 nitrogen and oxygen atoms in total. The second kappa shape index (κ2) is 7.80. The fraction of sp³-hybridized carbons (Fsp3) is 0.500. The molecule has 0 amide bonds. The molecule has 0 saturated carbocycles. The summed E-state index contributed by atoms with van der Waals surface area (Å²) in [5, 5.41) is 11.9. The highest BCUT2D eigenvalue weighted by molar-refractivity contribution is 5.32. The van der Waals surface area contributed by atoms with Gasteiger partial charge in [0.15, 0.2) is 0 Å². The van der Waals surface area contributed by atoms with Gasteiger partial charge in [-0.2, -0.15) is 5.26 Å². The Balaban J connectivity index is 2.59. The van der Waals surface area contributed by atoms with Crippen LogP contribution in [0.2, 0.25) is 0 Å².